The summed E-state index contributed by atoms with van der Waals surface area (Å²) in [6.45, 7) is 7.86. The molecule has 1 heterocycles. The van der Waals surface area contributed by atoms with Gasteiger partial charge in [-0.25, -0.2) is 0 Å². The highest BCUT2D eigenvalue weighted by atomic mass is 16.5. The number of carbonyl (C=O) groups excluding carboxylic acids is 2. The molecule has 1 aliphatic heterocycles. The molecular weight excluding hydrogens is 468 g/mol. The lowest BCUT2D eigenvalue weighted by Crippen LogP contribution is -2.43. The van der Waals surface area contributed by atoms with Gasteiger partial charge in [0.15, 0.2) is 12.4 Å². The number of aromatic hydroxyl groups is 1. The SMILES string of the molecule is CCCCC(C)N(CCNCCc1ccc(O)c2c1OCC(=O)N2)C(=O)CCNCCc1ccccc1. The van der Waals surface area contributed by atoms with Crippen LogP contribution in [0.5, 0.6) is 11.5 Å². The number of phenolic OH excluding ortho intramolecular Hbond substituents is 1. The van der Waals surface area contributed by atoms with Crippen molar-refractivity contribution in [2.45, 2.75) is 58.4 Å². The summed E-state index contributed by atoms with van der Waals surface area (Å²) in [4.78, 5) is 26.7. The molecule has 0 saturated carbocycles. The first-order valence-electron chi connectivity index (χ1n) is 13.5. The van der Waals surface area contributed by atoms with Crippen molar-refractivity contribution in [3.8, 4) is 11.5 Å². The lowest BCUT2D eigenvalue weighted by Gasteiger charge is -2.30. The lowest BCUT2D eigenvalue weighted by molar-refractivity contribution is -0.133. The Labute approximate surface area is 220 Å². The Hall–Kier alpha value is -3.10. The summed E-state index contributed by atoms with van der Waals surface area (Å²) < 4.78 is 5.56. The van der Waals surface area contributed by atoms with E-state index in [1.165, 1.54) is 5.56 Å². The minimum atomic E-state index is -0.272. The molecule has 2 amide bonds. The molecule has 0 radical (unpaired) electrons. The van der Waals surface area contributed by atoms with Crippen molar-refractivity contribution in [3.63, 3.8) is 0 Å². The Kier molecular flexibility index (Phi) is 11.7. The van der Waals surface area contributed by atoms with Crippen molar-refractivity contribution in [3.05, 3.63) is 53.6 Å². The first-order valence-corrected chi connectivity index (χ1v) is 13.5. The molecule has 1 aliphatic rings. The van der Waals surface area contributed by atoms with Crippen LogP contribution in [-0.4, -0.2) is 67.2 Å². The number of rotatable bonds is 16. The molecule has 37 heavy (non-hydrogen) atoms. The van der Waals surface area contributed by atoms with Crippen molar-refractivity contribution in [2.75, 3.05) is 44.6 Å². The van der Waals surface area contributed by atoms with Crippen LogP contribution in [-0.2, 0) is 22.4 Å². The third-order valence-electron chi connectivity index (χ3n) is 6.71. The van der Waals surface area contributed by atoms with Crippen LogP contribution in [0.15, 0.2) is 42.5 Å². The van der Waals surface area contributed by atoms with Crippen LogP contribution in [0.2, 0.25) is 0 Å². The second-order valence-electron chi connectivity index (χ2n) is 9.60. The molecule has 4 N–H and O–H groups in total. The zero-order chi connectivity index (χ0) is 26.5. The maximum Gasteiger partial charge on any atom is 0.262 e. The molecule has 0 spiro atoms. The van der Waals surface area contributed by atoms with Gasteiger partial charge >= 0.3 is 0 Å². The van der Waals surface area contributed by atoms with E-state index in [0.717, 1.165) is 37.8 Å². The Balaban J connectivity index is 1.42. The highest BCUT2D eigenvalue weighted by Gasteiger charge is 2.22. The number of phenols is 1. The number of benzene rings is 2. The first kappa shape index (κ1) is 28.5. The van der Waals surface area contributed by atoms with Crippen LogP contribution in [0, 0.1) is 0 Å². The van der Waals surface area contributed by atoms with E-state index in [0.29, 0.717) is 50.5 Å². The summed E-state index contributed by atoms with van der Waals surface area (Å²) in [7, 11) is 0. The predicted molar refractivity (Wildman–Crippen MR) is 147 cm³/mol. The molecule has 0 aliphatic carbocycles. The van der Waals surface area contributed by atoms with Crippen molar-refractivity contribution in [1.82, 2.24) is 15.5 Å². The number of fused-ring (bicyclic) bond motifs is 1. The predicted octanol–water partition coefficient (Wildman–Crippen LogP) is 3.48. The smallest absolute Gasteiger partial charge is 0.262 e. The van der Waals surface area contributed by atoms with Crippen LogP contribution in [0.3, 0.4) is 0 Å². The maximum atomic E-state index is 13.1. The number of hydrogen-bond acceptors (Lipinski definition) is 6. The van der Waals surface area contributed by atoms with Gasteiger partial charge in [0.25, 0.3) is 5.91 Å². The molecule has 3 rings (SSSR count). The van der Waals surface area contributed by atoms with Gasteiger partial charge in [0.2, 0.25) is 5.91 Å². The van der Waals surface area contributed by atoms with Crippen LogP contribution >= 0.6 is 0 Å². The summed E-state index contributed by atoms with van der Waals surface area (Å²) in [5.41, 5.74) is 2.56. The standard InChI is InChI=1S/C29H42N4O4/c1-3-4-8-22(2)33(27(36)15-18-30-16-13-23-9-6-5-7-10-23)20-19-31-17-14-24-11-12-25(34)28-29(24)37-21-26(35)32-28/h5-7,9-12,22,30-31,34H,3-4,8,13-21H2,1-2H3,(H,32,35). The molecule has 8 nitrogen and oxygen atoms in total. The minimum absolute atomic E-state index is 0.00420. The lowest BCUT2D eigenvalue weighted by atomic mass is 10.1. The van der Waals surface area contributed by atoms with Gasteiger partial charge in [-0.15, -0.1) is 0 Å². The third-order valence-corrected chi connectivity index (χ3v) is 6.71. The number of carbonyl (C=O) groups is 2. The summed E-state index contributed by atoms with van der Waals surface area (Å²) in [5.74, 6) is 0.455. The molecule has 0 bridgehead atoms. The number of nitrogens with zero attached hydrogens (tertiary/aromatic N) is 1. The van der Waals surface area contributed by atoms with Gasteiger partial charge in [-0.05, 0) is 56.5 Å². The summed E-state index contributed by atoms with van der Waals surface area (Å²) in [6, 6.07) is 14.0. The monoisotopic (exact) mass is 510 g/mol. The average Bonchev–Trinajstić information content (AvgIpc) is 2.91. The molecule has 0 fully saturated rings. The third kappa shape index (κ3) is 9.05. The highest BCUT2D eigenvalue weighted by Crippen LogP contribution is 2.39. The molecule has 0 aromatic heterocycles. The second kappa shape index (κ2) is 15.2. The fraction of sp³-hybridized carbons (Fsp3) is 0.517. The van der Waals surface area contributed by atoms with Crippen LogP contribution in [0.4, 0.5) is 5.69 Å². The van der Waals surface area contributed by atoms with E-state index in [1.54, 1.807) is 6.07 Å². The van der Waals surface area contributed by atoms with Crippen molar-refractivity contribution in [1.29, 1.82) is 0 Å². The van der Waals surface area contributed by atoms with E-state index in [1.807, 2.05) is 29.2 Å². The maximum absolute atomic E-state index is 13.1. The summed E-state index contributed by atoms with van der Waals surface area (Å²) in [6.07, 6.45) is 5.36. The fourth-order valence-corrected chi connectivity index (χ4v) is 4.55. The van der Waals surface area contributed by atoms with Gasteiger partial charge in [-0.3, -0.25) is 9.59 Å². The van der Waals surface area contributed by atoms with E-state index >= 15 is 0 Å². The number of nitrogens with one attached hydrogen (secondary N) is 3. The Morgan fingerprint density at radius 2 is 1.84 bits per heavy atom. The van der Waals surface area contributed by atoms with Crippen molar-refractivity contribution in [2.24, 2.45) is 0 Å². The van der Waals surface area contributed by atoms with E-state index in [2.05, 4.69) is 41.9 Å². The fourth-order valence-electron chi connectivity index (χ4n) is 4.55. The zero-order valence-corrected chi connectivity index (χ0v) is 22.2. The van der Waals surface area contributed by atoms with Gasteiger partial charge in [-0.2, -0.15) is 0 Å². The second-order valence-corrected chi connectivity index (χ2v) is 9.60. The van der Waals surface area contributed by atoms with Gasteiger partial charge in [0, 0.05) is 32.1 Å². The number of anilines is 1. The number of unbranched alkanes of at least 4 members (excludes halogenated alkanes) is 1. The van der Waals surface area contributed by atoms with Gasteiger partial charge in [-0.1, -0.05) is 56.2 Å². The Morgan fingerprint density at radius 1 is 1.08 bits per heavy atom. The Morgan fingerprint density at radius 3 is 2.62 bits per heavy atom. The zero-order valence-electron chi connectivity index (χ0n) is 22.2. The number of hydrogen-bond donors (Lipinski definition) is 4. The highest BCUT2D eigenvalue weighted by molar-refractivity contribution is 5.97. The number of ether oxygens (including phenoxy) is 1. The van der Waals surface area contributed by atoms with Gasteiger partial charge < -0.3 is 30.7 Å². The average molecular weight is 511 g/mol. The molecule has 1 atom stereocenters. The molecule has 1 unspecified atom stereocenters. The minimum Gasteiger partial charge on any atom is -0.506 e. The van der Waals surface area contributed by atoms with Crippen molar-refractivity contribution >= 4 is 17.5 Å². The van der Waals surface area contributed by atoms with Gasteiger partial charge in [0.1, 0.15) is 11.4 Å². The van der Waals surface area contributed by atoms with Crippen LogP contribution < -0.4 is 20.7 Å². The van der Waals surface area contributed by atoms with Crippen LogP contribution in [0.1, 0.15) is 50.7 Å². The molecular formula is C29H42N4O4. The Bertz CT molecular complexity index is 999. The quantitative estimate of drug-likeness (QED) is 0.204. The van der Waals surface area contributed by atoms with Crippen LogP contribution in [0.25, 0.3) is 0 Å². The molecule has 2 aromatic rings. The molecule has 0 saturated heterocycles. The summed E-state index contributed by atoms with van der Waals surface area (Å²) >= 11 is 0. The normalized spacial score (nSPS) is 13.4. The first-order chi connectivity index (χ1) is 18.0. The molecule has 202 valence electrons. The van der Waals surface area contributed by atoms with E-state index in [9.17, 15) is 14.7 Å². The van der Waals surface area contributed by atoms with Crippen molar-refractivity contribution < 1.29 is 19.4 Å². The van der Waals surface area contributed by atoms with E-state index in [-0.39, 0.29) is 30.2 Å². The summed E-state index contributed by atoms with van der Waals surface area (Å²) in [5, 5.41) is 19.6. The number of amides is 2. The molecule has 8 heteroatoms. The van der Waals surface area contributed by atoms with E-state index in [4.69, 9.17) is 4.74 Å². The molecule has 2 aromatic carbocycles. The topological polar surface area (TPSA) is 103 Å². The van der Waals surface area contributed by atoms with Gasteiger partial charge in [0.05, 0.1) is 0 Å². The largest absolute Gasteiger partial charge is 0.506 e. The van der Waals surface area contributed by atoms with E-state index < -0.39 is 0 Å².